The monoisotopic (exact) mass is 536 g/mol. The van der Waals surface area contributed by atoms with Gasteiger partial charge in [-0.25, -0.2) is 0 Å². The van der Waals surface area contributed by atoms with Crippen LogP contribution in [-0.2, 0) is 78.6 Å². The van der Waals surface area contributed by atoms with E-state index >= 15 is 0 Å². The molecule has 0 rings (SSSR count). The average Bonchev–Trinajstić information content (AvgIpc) is 2.69. The van der Waals surface area contributed by atoms with Gasteiger partial charge < -0.3 is 59.4 Å². The van der Waals surface area contributed by atoms with Crippen molar-refractivity contribution in [1.82, 2.24) is 0 Å². The van der Waals surface area contributed by atoms with Crippen LogP contribution in [0.15, 0.2) is 0 Å². The fourth-order valence-corrected chi connectivity index (χ4v) is 0. The molecule has 0 spiro atoms. The van der Waals surface area contributed by atoms with Crippen molar-refractivity contribution in [3.05, 3.63) is 0 Å². The van der Waals surface area contributed by atoms with Gasteiger partial charge in [-0.15, -0.1) is 0 Å². The topological polar surface area (TPSA) is 343 Å². The van der Waals surface area contributed by atoms with Gasteiger partial charge in [-0.2, -0.15) is 0 Å². The van der Waals surface area contributed by atoms with E-state index in [0.29, 0.717) is 0 Å². The molecule has 31 heavy (non-hydrogen) atoms. The minimum absolute atomic E-state index is 0. The van der Waals surface area contributed by atoms with Crippen LogP contribution in [0.1, 0.15) is 0 Å². The molecule has 0 aromatic heterocycles. The van der Waals surface area contributed by atoms with Crippen LogP contribution in [0.2, 0.25) is 0 Å². The fraction of sp³-hybridized carbons (Fsp3) is 0. The van der Waals surface area contributed by atoms with Crippen molar-refractivity contribution < 1.29 is 109 Å². The van der Waals surface area contributed by atoms with Crippen molar-refractivity contribution in [1.29, 1.82) is 0 Å². The summed E-state index contributed by atoms with van der Waals surface area (Å²) in [7, 11) is 0. The zero-order chi connectivity index (χ0) is 25.7. The Bertz CT molecular complexity index is 481. The molecule has 0 aliphatic rings. The summed E-state index contributed by atoms with van der Waals surface area (Å²) in [5, 5.41) is 53.3. The van der Waals surface area contributed by atoms with Gasteiger partial charge in [-0.1, -0.05) is 0 Å². The van der Waals surface area contributed by atoms with E-state index in [-0.39, 0.29) is 58.8 Å². The third-order valence-corrected chi connectivity index (χ3v) is 0.577. The van der Waals surface area contributed by atoms with E-state index in [9.17, 15) is 0 Å². The molecular weight excluding hydrogens is 528 g/mol. The molecule has 0 N–H and O–H groups in total. The average molecular weight is 534 g/mol. The molecule has 0 bridgehead atoms. The second-order valence-electron chi connectivity index (χ2n) is 2.62. The molecule has 0 aliphatic heterocycles. The molecule has 18 nitrogen and oxygen atoms in total. The predicted molar refractivity (Wildman–Crippen MR) is 66.4 cm³/mol. The van der Waals surface area contributed by atoms with Crippen LogP contribution < -0.4 is 30.6 Å². The molecule has 0 saturated carbocycles. The van der Waals surface area contributed by atoms with E-state index in [4.69, 9.17) is 88.2 Å². The molecule has 168 valence electrons. The summed E-state index contributed by atoms with van der Waals surface area (Å²) in [4.78, 5) is 106. The van der Waals surface area contributed by atoms with Crippen LogP contribution in [0.3, 0.4) is 0 Å². The maximum absolute atomic E-state index is 8.89. The van der Waals surface area contributed by atoms with Crippen LogP contribution in [0, 0.1) is 0 Å². The van der Waals surface area contributed by atoms with Crippen molar-refractivity contribution in [2.75, 3.05) is 0 Å². The zero-order valence-corrected chi connectivity index (χ0v) is 16.2. The largest absolute Gasteiger partial charge is 6.00 e. The van der Waals surface area contributed by atoms with Crippen LogP contribution >= 0.6 is 0 Å². The number of carboxylic acid groups (broad SMARTS) is 6. The Kier molecular flexibility index (Phi) is 58.9. The summed E-state index contributed by atoms with van der Waals surface area (Å²) < 4.78 is 0. The van der Waals surface area contributed by atoms with Crippen molar-refractivity contribution >= 4 is 73.5 Å². The second kappa shape index (κ2) is 40.3. The fourth-order valence-electron chi connectivity index (χ4n) is 0. The Hall–Kier alpha value is -4.47. The van der Waals surface area contributed by atoms with Gasteiger partial charge in [0.15, 0.2) is 37.7 Å². The molecule has 0 amide bonds. The number of rotatable bonds is 6. The van der Waals surface area contributed by atoms with Crippen molar-refractivity contribution in [2.24, 2.45) is 0 Å². The third kappa shape index (κ3) is 249. The zero-order valence-electron chi connectivity index (χ0n) is 14.2. The molecule has 0 fully saturated rings. The van der Waals surface area contributed by atoms with E-state index in [2.05, 4.69) is 0 Å². The number of hydrogen-bond donors (Lipinski definition) is 0. The minimum atomic E-state index is -1.68. The first-order valence-electron chi connectivity index (χ1n) is 5.60. The Morgan fingerprint density at radius 3 is 0.355 bits per heavy atom. The van der Waals surface area contributed by atoms with Gasteiger partial charge in [0.05, 0.1) is 0 Å². The van der Waals surface area contributed by atoms with Crippen LogP contribution in [0.4, 0.5) is 0 Å². The van der Waals surface area contributed by atoms with Crippen molar-refractivity contribution in [2.45, 2.75) is 0 Å². The quantitative estimate of drug-likeness (QED) is 0.173. The van der Waals surface area contributed by atoms with E-state index in [1.54, 1.807) is 0 Å². The SMILES string of the molecule is O=CC(=O)[O-].O=CC(=O)[O-].O=CC(=O)[O-].O=CC(=O)[O-].O=CC(=O)[O-].O=CC(=O)[O-].[Mo+6]. The van der Waals surface area contributed by atoms with Gasteiger partial charge in [0.2, 0.25) is 0 Å². The van der Waals surface area contributed by atoms with E-state index in [1.165, 1.54) is 0 Å². The van der Waals surface area contributed by atoms with Crippen molar-refractivity contribution in [3.8, 4) is 0 Å². The first-order valence-corrected chi connectivity index (χ1v) is 5.60. The van der Waals surface area contributed by atoms with Gasteiger partial charge in [0.25, 0.3) is 0 Å². The van der Waals surface area contributed by atoms with E-state index in [1.807, 2.05) is 0 Å². The number of hydrogen-bond acceptors (Lipinski definition) is 18. The number of carbonyl (C=O) groups excluding carboxylic acids is 12. The van der Waals surface area contributed by atoms with Crippen LogP contribution in [0.25, 0.3) is 0 Å². The summed E-state index contributed by atoms with van der Waals surface area (Å²) in [6, 6.07) is 0. The van der Waals surface area contributed by atoms with Crippen LogP contribution in [-0.4, -0.2) is 73.5 Å². The Labute approximate surface area is 183 Å². The molecule has 0 aliphatic carbocycles. The maximum Gasteiger partial charge on any atom is 6.00 e. The molecule has 0 atom stereocenters. The van der Waals surface area contributed by atoms with Gasteiger partial charge in [-0.05, 0) is 0 Å². The normalized spacial score (nSPS) is 6.19. The van der Waals surface area contributed by atoms with Gasteiger partial charge in [-0.3, -0.25) is 28.8 Å². The van der Waals surface area contributed by atoms with Crippen molar-refractivity contribution in [3.63, 3.8) is 0 Å². The van der Waals surface area contributed by atoms with E-state index < -0.39 is 35.8 Å². The van der Waals surface area contributed by atoms with Gasteiger partial charge >= 0.3 is 21.1 Å². The molecule has 0 radical (unpaired) electrons. The molecule has 0 unspecified atom stereocenters. The summed E-state index contributed by atoms with van der Waals surface area (Å²) >= 11 is 0. The molecule has 0 aromatic rings. The third-order valence-electron chi connectivity index (χ3n) is 0.577. The summed E-state index contributed by atoms with van der Waals surface area (Å²) in [6.07, 6.45) is -1.67. The number of carboxylic acids is 6. The molecular formula is C12H6MoO18. The molecule has 19 heteroatoms. The smallest absolute Gasteiger partial charge is 0.542 e. The standard InChI is InChI=1S/6C2H2O3.Mo/c6*3-1-2(4)5;/h6*1H,(H,4,5);/q;;;;;;+6/p-6. The van der Waals surface area contributed by atoms with Crippen LogP contribution in [0.5, 0.6) is 0 Å². The number of carbonyl (C=O) groups is 12. The minimum Gasteiger partial charge on any atom is -0.542 e. The number of aliphatic carboxylic acids is 6. The first-order chi connectivity index (χ1) is 13.6. The first kappa shape index (κ1) is 45.3. The van der Waals surface area contributed by atoms with E-state index in [0.717, 1.165) is 0 Å². The summed E-state index contributed by atoms with van der Waals surface area (Å²) in [5.74, 6) is -10.1. The predicted octanol–water partition coefficient (Wildman–Crippen LogP) is -12.4. The molecule has 0 heterocycles. The Morgan fingerprint density at radius 1 is 0.323 bits per heavy atom. The maximum atomic E-state index is 8.89. The Morgan fingerprint density at radius 2 is 0.355 bits per heavy atom. The summed E-state index contributed by atoms with van der Waals surface area (Å²) in [5.41, 5.74) is 0. The molecule has 0 saturated heterocycles. The van der Waals surface area contributed by atoms with Gasteiger partial charge in [0, 0.05) is 0 Å². The summed E-state index contributed by atoms with van der Waals surface area (Å²) in [6.45, 7) is 0. The Balaban J connectivity index is -0.0000000443. The number of aldehydes is 6. The second-order valence-corrected chi connectivity index (χ2v) is 2.62. The van der Waals surface area contributed by atoms with Gasteiger partial charge in [0.1, 0.15) is 35.8 Å². The molecule has 0 aromatic carbocycles.